The van der Waals surface area contributed by atoms with Crippen LogP contribution in [0.5, 0.6) is 0 Å². The molecule has 0 radical (unpaired) electrons. The van der Waals surface area contributed by atoms with Crippen molar-refractivity contribution >= 4 is 5.97 Å². The second kappa shape index (κ2) is 10.4. The van der Waals surface area contributed by atoms with E-state index >= 15 is 0 Å². The van der Waals surface area contributed by atoms with Crippen LogP contribution in [0.2, 0.25) is 0 Å². The number of esters is 1. The van der Waals surface area contributed by atoms with Gasteiger partial charge in [0, 0.05) is 5.92 Å². The molecule has 1 heterocycles. The van der Waals surface area contributed by atoms with Crippen LogP contribution in [0.25, 0.3) is 0 Å². The van der Waals surface area contributed by atoms with Crippen molar-refractivity contribution in [3.63, 3.8) is 0 Å². The summed E-state index contributed by atoms with van der Waals surface area (Å²) in [4.78, 5) is 14.2. The molecule has 4 atom stereocenters. The third kappa shape index (κ3) is 5.21. The number of methoxy groups -OCH3 is 1. The summed E-state index contributed by atoms with van der Waals surface area (Å²) in [5.74, 6) is -1.16. The molecular formula is C24H36N2O4. The van der Waals surface area contributed by atoms with E-state index in [4.69, 9.17) is 14.2 Å². The van der Waals surface area contributed by atoms with Crippen molar-refractivity contribution in [2.24, 2.45) is 5.92 Å². The number of benzene rings is 1. The molecule has 30 heavy (non-hydrogen) atoms. The van der Waals surface area contributed by atoms with E-state index in [1.165, 1.54) is 7.11 Å². The zero-order chi connectivity index (χ0) is 22.4. The molecule has 0 aromatic heterocycles. The maximum atomic E-state index is 12.1. The van der Waals surface area contributed by atoms with E-state index in [-0.39, 0.29) is 30.5 Å². The average Bonchev–Trinajstić information content (AvgIpc) is 2.75. The van der Waals surface area contributed by atoms with E-state index in [1.807, 2.05) is 58.2 Å². The highest BCUT2D eigenvalue weighted by atomic mass is 16.7. The van der Waals surface area contributed by atoms with Crippen molar-refractivity contribution in [3.05, 3.63) is 35.9 Å². The van der Waals surface area contributed by atoms with Crippen LogP contribution >= 0.6 is 0 Å². The van der Waals surface area contributed by atoms with Gasteiger partial charge in [-0.15, -0.1) is 0 Å². The number of rotatable bonds is 9. The van der Waals surface area contributed by atoms with E-state index in [2.05, 4.69) is 17.9 Å². The normalized spacial score (nSPS) is 23.9. The maximum absolute atomic E-state index is 12.1. The summed E-state index contributed by atoms with van der Waals surface area (Å²) < 4.78 is 17.3. The minimum Gasteiger partial charge on any atom is -0.469 e. The lowest BCUT2D eigenvalue weighted by Gasteiger charge is -2.51. The number of carbonyl (C=O) groups is 1. The fourth-order valence-corrected chi connectivity index (χ4v) is 4.55. The Morgan fingerprint density at radius 2 is 2.03 bits per heavy atom. The zero-order valence-corrected chi connectivity index (χ0v) is 19.2. The molecule has 166 valence electrons. The molecule has 1 aliphatic heterocycles. The Hall–Kier alpha value is -1.94. The van der Waals surface area contributed by atoms with Crippen LogP contribution in [0.15, 0.2) is 30.3 Å². The molecule has 6 nitrogen and oxygen atoms in total. The molecule has 0 N–H and O–H groups in total. The van der Waals surface area contributed by atoms with Gasteiger partial charge >= 0.3 is 5.97 Å². The highest BCUT2D eigenvalue weighted by Crippen LogP contribution is 2.41. The van der Waals surface area contributed by atoms with E-state index in [1.54, 1.807) is 0 Å². The monoisotopic (exact) mass is 416 g/mol. The first-order chi connectivity index (χ1) is 14.2. The van der Waals surface area contributed by atoms with Crippen LogP contribution in [0.1, 0.15) is 65.0 Å². The van der Waals surface area contributed by atoms with Gasteiger partial charge in [-0.2, -0.15) is 5.26 Å². The van der Waals surface area contributed by atoms with Gasteiger partial charge in [0.1, 0.15) is 11.6 Å². The van der Waals surface area contributed by atoms with E-state index in [9.17, 15) is 10.1 Å². The number of hydrogen-bond donors (Lipinski definition) is 0. The molecule has 6 heteroatoms. The fourth-order valence-electron chi connectivity index (χ4n) is 4.55. The van der Waals surface area contributed by atoms with Crippen molar-refractivity contribution in [1.82, 2.24) is 4.90 Å². The minimum atomic E-state index is -0.830. The third-order valence-corrected chi connectivity index (χ3v) is 6.25. The smallest absolute Gasteiger partial charge is 0.305 e. The number of nitriles is 1. The van der Waals surface area contributed by atoms with Crippen molar-refractivity contribution in [2.75, 3.05) is 20.8 Å². The van der Waals surface area contributed by atoms with Gasteiger partial charge in [-0.25, -0.2) is 0 Å². The molecule has 0 saturated carbocycles. The van der Waals surface area contributed by atoms with E-state index in [0.717, 1.165) is 12.0 Å². The Morgan fingerprint density at radius 3 is 2.57 bits per heavy atom. The van der Waals surface area contributed by atoms with Crippen LogP contribution in [-0.4, -0.2) is 49.0 Å². The minimum absolute atomic E-state index is 0.161. The Bertz CT molecular complexity index is 730. The van der Waals surface area contributed by atoms with Crippen molar-refractivity contribution in [2.45, 2.75) is 76.9 Å². The largest absolute Gasteiger partial charge is 0.469 e. The number of likely N-dealkylation sites (N-methyl/N-ethyl adjacent to an activating group) is 1. The van der Waals surface area contributed by atoms with Gasteiger partial charge in [-0.3, -0.25) is 9.69 Å². The standard InChI is InChI=1S/C24H36N2O4/c1-7-14-24(17-25,19(8-2)15-21(27)28-6)26(5)20-16-29-23(3,4)30-22(20)18-12-10-9-11-13-18/h9-13,19-20,22H,7-8,14-16H2,1-6H3/t19-,20+,22+,24+/m1/s1. The van der Waals surface area contributed by atoms with Gasteiger partial charge in [0.15, 0.2) is 5.79 Å². The van der Waals surface area contributed by atoms with Crippen molar-refractivity contribution in [3.8, 4) is 6.07 Å². The molecule has 1 aromatic rings. The first-order valence-corrected chi connectivity index (χ1v) is 10.8. The predicted octanol–water partition coefficient (Wildman–Crippen LogP) is 4.46. The lowest BCUT2D eigenvalue weighted by Crippen LogP contribution is -2.61. The Balaban J connectivity index is 2.47. The predicted molar refractivity (Wildman–Crippen MR) is 116 cm³/mol. The summed E-state index contributed by atoms with van der Waals surface area (Å²) >= 11 is 0. The quantitative estimate of drug-likeness (QED) is 0.553. The molecule has 1 aromatic carbocycles. The van der Waals surface area contributed by atoms with Crippen LogP contribution < -0.4 is 0 Å². The van der Waals surface area contributed by atoms with E-state index in [0.29, 0.717) is 19.4 Å². The van der Waals surface area contributed by atoms with Gasteiger partial charge in [0.25, 0.3) is 0 Å². The lowest BCUT2D eigenvalue weighted by atomic mass is 9.75. The summed E-state index contributed by atoms with van der Waals surface area (Å²) in [6.07, 6.45) is 2.13. The molecule has 0 unspecified atom stereocenters. The molecule has 1 saturated heterocycles. The number of nitrogens with zero attached hydrogens (tertiary/aromatic N) is 2. The van der Waals surface area contributed by atoms with Gasteiger partial charge in [-0.1, -0.05) is 50.6 Å². The zero-order valence-electron chi connectivity index (χ0n) is 19.2. The summed E-state index contributed by atoms with van der Waals surface area (Å²) in [5, 5.41) is 10.4. The summed E-state index contributed by atoms with van der Waals surface area (Å²) in [6.45, 7) is 8.35. The fraction of sp³-hybridized carbons (Fsp3) is 0.667. The van der Waals surface area contributed by atoms with Crippen LogP contribution in [0, 0.1) is 17.2 Å². The topological polar surface area (TPSA) is 71.8 Å². The van der Waals surface area contributed by atoms with Crippen molar-refractivity contribution < 1.29 is 19.0 Å². The molecule has 1 fully saturated rings. The van der Waals surface area contributed by atoms with E-state index < -0.39 is 11.3 Å². The number of ether oxygens (including phenoxy) is 3. The molecule has 0 amide bonds. The third-order valence-electron chi connectivity index (χ3n) is 6.25. The molecule has 0 aliphatic carbocycles. The van der Waals surface area contributed by atoms with Gasteiger partial charge < -0.3 is 14.2 Å². The highest BCUT2D eigenvalue weighted by Gasteiger charge is 2.49. The van der Waals surface area contributed by atoms with Crippen LogP contribution in [0.3, 0.4) is 0 Å². The van der Waals surface area contributed by atoms with Gasteiger partial charge in [-0.05, 0) is 39.3 Å². The maximum Gasteiger partial charge on any atom is 0.305 e. The summed E-state index contributed by atoms with van der Waals surface area (Å²) in [7, 11) is 3.35. The highest BCUT2D eigenvalue weighted by molar-refractivity contribution is 5.69. The van der Waals surface area contributed by atoms with Crippen LogP contribution in [0.4, 0.5) is 0 Å². The van der Waals surface area contributed by atoms with Gasteiger partial charge in [0.05, 0.1) is 32.2 Å². The summed E-state index contributed by atoms with van der Waals surface area (Å²) in [5.41, 5.74) is 0.221. The number of hydrogen-bond acceptors (Lipinski definition) is 6. The SMILES string of the molecule is CCC[C@](C#N)([C@H](CC)CC(=O)OC)N(C)[C@H]1COC(C)(C)O[C@H]1c1ccccc1. The Labute approximate surface area is 181 Å². The first kappa shape index (κ1) is 24.3. The van der Waals surface area contributed by atoms with Crippen molar-refractivity contribution in [1.29, 1.82) is 5.26 Å². The summed E-state index contributed by atoms with van der Waals surface area (Å²) in [6, 6.07) is 12.5. The molecule has 0 spiro atoms. The molecule has 2 rings (SSSR count). The molecular weight excluding hydrogens is 380 g/mol. The van der Waals surface area contributed by atoms with Crippen LogP contribution in [-0.2, 0) is 19.0 Å². The second-order valence-electron chi connectivity index (χ2n) is 8.51. The Kier molecular flexibility index (Phi) is 8.42. The number of carbonyl (C=O) groups excluding carboxylic acids is 1. The Morgan fingerprint density at radius 1 is 1.37 bits per heavy atom. The second-order valence-corrected chi connectivity index (χ2v) is 8.51. The molecule has 0 bridgehead atoms. The lowest BCUT2D eigenvalue weighted by molar-refractivity contribution is -0.300. The average molecular weight is 417 g/mol. The van der Waals surface area contributed by atoms with Gasteiger partial charge in [0.2, 0.25) is 0 Å². The molecule has 1 aliphatic rings. The first-order valence-electron chi connectivity index (χ1n) is 10.8.